The molecule has 2 aliphatic heterocycles. The summed E-state index contributed by atoms with van der Waals surface area (Å²) < 4.78 is 0. The predicted octanol–water partition coefficient (Wildman–Crippen LogP) is 1.92. The molecule has 7 heteroatoms. The van der Waals surface area contributed by atoms with E-state index in [0.717, 1.165) is 44.6 Å². The predicted molar refractivity (Wildman–Crippen MR) is 127 cm³/mol. The van der Waals surface area contributed by atoms with Gasteiger partial charge >= 0.3 is 0 Å². The van der Waals surface area contributed by atoms with Crippen LogP contribution in [-0.4, -0.2) is 99.2 Å². The molecular weight excluding hydrogens is 451 g/mol. The second-order valence-electron chi connectivity index (χ2n) is 8.21. The summed E-state index contributed by atoms with van der Waals surface area (Å²) in [6.45, 7) is 18.0. The third-order valence-electron chi connectivity index (χ3n) is 5.84. The Bertz CT molecular complexity index is 403. The Balaban J connectivity index is 0.00000364. The molecule has 1 atom stereocenters. The van der Waals surface area contributed by atoms with Crippen LogP contribution in [0.4, 0.5) is 0 Å². The van der Waals surface area contributed by atoms with Gasteiger partial charge in [0.25, 0.3) is 0 Å². The second-order valence-corrected chi connectivity index (χ2v) is 8.21. The lowest BCUT2D eigenvalue weighted by atomic mass is 9.99. The normalized spacial score (nSPS) is 22.3. The number of piperidine rings is 1. The van der Waals surface area contributed by atoms with Gasteiger partial charge in [-0.15, -0.1) is 24.0 Å². The third-order valence-corrected chi connectivity index (χ3v) is 5.84. The number of guanidine groups is 1. The lowest BCUT2D eigenvalue weighted by Crippen LogP contribution is -2.49. The summed E-state index contributed by atoms with van der Waals surface area (Å²) in [5, 5.41) is 6.91. The molecule has 2 aliphatic rings. The van der Waals surface area contributed by atoms with E-state index in [0.29, 0.717) is 6.04 Å². The quantitative estimate of drug-likeness (QED) is 0.234. The summed E-state index contributed by atoms with van der Waals surface area (Å²) in [7, 11) is 2.21. The molecule has 2 heterocycles. The highest BCUT2D eigenvalue weighted by atomic mass is 127. The van der Waals surface area contributed by atoms with Crippen molar-refractivity contribution in [3.63, 3.8) is 0 Å². The molecule has 0 aromatic heterocycles. The molecule has 0 aliphatic carbocycles. The van der Waals surface area contributed by atoms with E-state index in [1.165, 1.54) is 52.0 Å². The maximum atomic E-state index is 4.83. The van der Waals surface area contributed by atoms with Crippen molar-refractivity contribution in [3.05, 3.63) is 0 Å². The number of hydrogen-bond donors (Lipinski definition) is 2. The van der Waals surface area contributed by atoms with Crippen LogP contribution in [0.1, 0.15) is 40.0 Å². The number of likely N-dealkylation sites (N-methyl/N-ethyl adjacent to an activating group) is 1. The summed E-state index contributed by atoms with van der Waals surface area (Å²) in [6.07, 6.45) is 3.91. The van der Waals surface area contributed by atoms with Crippen molar-refractivity contribution in [1.29, 1.82) is 0 Å². The van der Waals surface area contributed by atoms with Crippen LogP contribution in [0.15, 0.2) is 4.99 Å². The van der Waals surface area contributed by atoms with E-state index in [9.17, 15) is 0 Å². The van der Waals surface area contributed by atoms with Gasteiger partial charge in [-0.3, -0.25) is 9.89 Å². The van der Waals surface area contributed by atoms with Crippen LogP contribution in [0.3, 0.4) is 0 Å². The van der Waals surface area contributed by atoms with Crippen molar-refractivity contribution in [2.24, 2.45) is 10.9 Å². The number of nitrogens with one attached hydrogen (secondary N) is 2. The van der Waals surface area contributed by atoms with Gasteiger partial charge in [0.2, 0.25) is 0 Å². The highest BCUT2D eigenvalue weighted by Gasteiger charge is 2.19. The van der Waals surface area contributed by atoms with E-state index in [-0.39, 0.29) is 24.0 Å². The van der Waals surface area contributed by atoms with E-state index in [1.807, 2.05) is 0 Å². The molecule has 2 saturated heterocycles. The van der Waals surface area contributed by atoms with Crippen LogP contribution in [-0.2, 0) is 0 Å². The molecule has 160 valence electrons. The van der Waals surface area contributed by atoms with Crippen molar-refractivity contribution in [1.82, 2.24) is 25.3 Å². The summed E-state index contributed by atoms with van der Waals surface area (Å²) in [4.78, 5) is 12.4. The average Bonchev–Trinajstić information content (AvgIpc) is 2.65. The number of nitrogens with zero attached hydrogens (tertiary/aromatic N) is 4. The maximum Gasteiger partial charge on any atom is 0.191 e. The minimum Gasteiger partial charge on any atom is -0.357 e. The Morgan fingerprint density at radius 1 is 1.07 bits per heavy atom. The van der Waals surface area contributed by atoms with E-state index in [4.69, 9.17) is 4.99 Å². The number of piperazine rings is 1. The van der Waals surface area contributed by atoms with Crippen molar-refractivity contribution >= 4 is 29.9 Å². The van der Waals surface area contributed by atoms with Gasteiger partial charge in [0.05, 0.1) is 6.54 Å². The molecule has 0 amide bonds. The highest BCUT2D eigenvalue weighted by Crippen LogP contribution is 2.15. The molecule has 2 N–H and O–H groups in total. The smallest absolute Gasteiger partial charge is 0.191 e. The highest BCUT2D eigenvalue weighted by molar-refractivity contribution is 14.0. The van der Waals surface area contributed by atoms with Crippen LogP contribution in [0.2, 0.25) is 0 Å². The number of aliphatic imine (C=N–C) groups is 1. The first-order valence-electron chi connectivity index (χ1n) is 10.8. The molecule has 0 aromatic rings. The summed E-state index contributed by atoms with van der Waals surface area (Å²) >= 11 is 0. The van der Waals surface area contributed by atoms with Gasteiger partial charge in [-0.25, -0.2) is 0 Å². The number of hydrogen-bond acceptors (Lipinski definition) is 4. The first-order chi connectivity index (χ1) is 12.6. The second kappa shape index (κ2) is 14.0. The standard InChI is InChI=1S/C20H42N6.HI/c1-5-21-20(22-9-6-10-25-11-7-18(2)8-12-25)23-17-19(3)26-15-13-24(4)14-16-26;/h18-19H,5-17H2,1-4H3,(H2,21,22,23);1H. The molecule has 1 unspecified atom stereocenters. The molecule has 6 nitrogen and oxygen atoms in total. The van der Waals surface area contributed by atoms with Crippen LogP contribution < -0.4 is 10.6 Å². The zero-order valence-electron chi connectivity index (χ0n) is 18.0. The minimum absolute atomic E-state index is 0. The molecular formula is C20H43IN6. The summed E-state index contributed by atoms with van der Waals surface area (Å²) in [6, 6.07) is 0.509. The molecule has 0 radical (unpaired) electrons. The number of rotatable bonds is 8. The molecule has 2 rings (SSSR count). The van der Waals surface area contributed by atoms with Crippen molar-refractivity contribution in [2.75, 3.05) is 72.5 Å². The molecule has 0 spiro atoms. The molecule has 2 fully saturated rings. The molecule has 0 bridgehead atoms. The summed E-state index contributed by atoms with van der Waals surface area (Å²) in [5.41, 5.74) is 0. The lowest BCUT2D eigenvalue weighted by Gasteiger charge is -2.35. The third kappa shape index (κ3) is 9.76. The van der Waals surface area contributed by atoms with Crippen LogP contribution in [0, 0.1) is 5.92 Å². The van der Waals surface area contributed by atoms with Crippen molar-refractivity contribution in [3.8, 4) is 0 Å². The number of halogens is 1. The maximum absolute atomic E-state index is 4.83. The molecule has 0 saturated carbocycles. The zero-order valence-corrected chi connectivity index (χ0v) is 20.4. The van der Waals surface area contributed by atoms with Gasteiger partial charge in [0.15, 0.2) is 5.96 Å². The van der Waals surface area contributed by atoms with Crippen molar-refractivity contribution in [2.45, 2.75) is 46.1 Å². The first-order valence-corrected chi connectivity index (χ1v) is 10.8. The Hall–Kier alpha value is -0.120. The largest absolute Gasteiger partial charge is 0.357 e. The van der Waals surface area contributed by atoms with Gasteiger partial charge in [-0.1, -0.05) is 6.92 Å². The van der Waals surface area contributed by atoms with Crippen LogP contribution in [0.5, 0.6) is 0 Å². The topological polar surface area (TPSA) is 46.1 Å². The first kappa shape index (κ1) is 24.9. The fourth-order valence-electron chi connectivity index (χ4n) is 3.74. The van der Waals surface area contributed by atoms with Crippen LogP contribution in [0.25, 0.3) is 0 Å². The molecule has 27 heavy (non-hydrogen) atoms. The Labute approximate surface area is 184 Å². The summed E-state index contributed by atoms with van der Waals surface area (Å²) in [5.74, 6) is 1.89. The monoisotopic (exact) mass is 494 g/mol. The van der Waals surface area contributed by atoms with E-state index >= 15 is 0 Å². The minimum atomic E-state index is 0. The Morgan fingerprint density at radius 2 is 1.74 bits per heavy atom. The number of likely N-dealkylation sites (tertiary alicyclic amines) is 1. The van der Waals surface area contributed by atoms with E-state index < -0.39 is 0 Å². The van der Waals surface area contributed by atoms with Crippen molar-refractivity contribution < 1.29 is 0 Å². The van der Waals surface area contributed by atoms with E-state index in [1.54, 1.807) is 0 Å². The van der Waals surface area contributed by atoms with Crippen LogP contribution >= 0.6 is 24.0 Å². The fourth-order valence-corrected chi connectivity index (χ4v) is 3.74. The fraction of sp³-hybridized carbons (Fsp3) is 0.950. The lowest BCUT2D eigenvalue weighted by molar-refractivity contribution is 0.122. The molecule has 0 aromatic carbocycles. The zero-order chi connectivity index (χ0) is 18.8. The van der Waals surface area contributed by atoms with Gasteiger partial charge in [0, 0.05) is 45.3 Å². The Kier molecular flexibility index (Phi) is 12.9. The van der Waals surface area contributed by atoms with Gasteiger partial charge in [-0.05, 0) is 65.7 Å². The van der Waals surface area contributed by atoms with Gasteiger partial charge in [0.1, 0.15) is 0 Å². The average molecular weight is 495 g/mol. The van der Waals surface area contributed by atoms with E-state index in [2.05, 4.69) is 53.2 Å². The SMILES string of the molecule is CCNC(=NCC(C)N1CCN(C)CC1)NCCCN1CCC(C)CC1.I. The van der Waals surface area contributed by atoms with Gasteiger partial charge in [-0.2, -0.15) is 0 Å². The Morgan fingerprint density at radius 3 is 2.37 bits per heavy atom. The van der Waals surface area contributed by atoms with Gasteiger partial charge < -0.3 is 20.4 Å².